The van der Waals surface area contributed by atoms with Crippen LogP contribution in [0.2, 0.25) is 0 Å². The Bertz CT molecular complexity index is 1280. The molecule has 0 saturated heterocycles. The van der Waals surface area contributed by atoms with E-state index in [1.54, 1.807) is 24.3 Å². The van der Waals surface area contributed by atoms with E-state index in [2.05, 4.69) is 0 Å². The van der Waals surface area contributed by atoms with Crippen LogP contribution >= 0.6 is 0 Å². The van der Waals surface area contributed by atoms with Crippen molar-refractivity contribution in [2.45, 2.75) is 20.8 Å². The monoisotopic (exact) mass is 451 g/mol. The highest BCUT2D eigenvalue weighted by Gasteiger charge is 2.46. The zero-order valence-electron chi connectivity index (χ0n) is 17.7. The van der Waals surface area contributed by atoms with E-state index in [1.807, 2.05) is 0 Å². The molecule has 0 spiro atoms. The van der Waals surface area contributed by atoms with Gasteiger partial charge in [-0.05, 0) is 12.1 Å². The van der Waals surface area contributed by atoms with Gasteiger partial charge in [-0.2, -0.15) is 0 Å². The van der Waals surface area contributed by atoms with Crippen molar-refractivity contribution in [3.05, 3.63) is 64.8 Å². The molecular weight excluding hydrogens is 434 g/mol. The van der Waals surface area contributed by atoms with Gasteiger partial charge in [-0.1, -0.05) is 24.3 Å². The highest BCUT2D eigenvalue weighted by molar-refractivity contribution is 6.14. The van der Waals surface area contributed by atoms with Gasteiger partial charge in [-0.15, -0.1) is 0 Å². The van der Waals surface area contributed by atoms with E-state index in [1.165, 1.54) is 24.0 Å². The Morgan fingerprint density at radius 1 is 1.03 bits per heavy atom. The van der Waals surface area contributed by atoms with Crippen LogP contribution in [-0.2, 0) is 23.9 Å². The molecule has 1 heterocycles. The Balaban J connectivity index is 1.97. The number of nitrogens with zero attached hydrogens (tertiary/aromatic N) is 1. The Kier molecular flexibility index (Phi) is 5.21. The standard InChI is InChI=1S/C23H17NO9/c1-10(25)24-15-8-9-16(31-11(2)26)17(23(29)30)21(15)33-22-18(24)13-6-4-5-7-14(13)20(19(22)28)32-12(3)27/h4-9,13H,1-3H3,(H,29,30). The lowest BCUT2D eigenvalue weighted by Gasteiger charge is -2.39. The fraction of sp³-hybridized carbons (Fsp3) is 0.174. The number of carboxylic acids is 1. The fourth-order valence-electron chi connectivity index (χ4n) is 3.92. The quantitative estimate of drug-likeness (QED) is 0.542. The third kappa shape index (κ3) is 3.51. The lowest BCUT2D eigenvalue weighted by molar-refractivity contribution is -0.140. The van der Waals surface area contributed by atoms with E-state index in [-0.39, 0.29) is 34.4 Å². The highest BCUT2D eigenvalue weighted by Crippen LogP contribution is 2.49. The van der Waals surface area contributed by atoms with Crippen LogP contribution in [0.15, 0.2) is 59.2 Å². The number of esters is 2. The van der Waals surface area contributed by atoms with Crippen LogP contribution in [0, 0.1) is 5.92 Å². The average Bonchev–Trinajstić information content (AvgIpc) is 2.74. The third-order valence-electron chi connectivity index (χ3n) is 5.04. The molecule has 2 aliphatic carbocycles. The Hall–Kier alpha value is -4.47. The molecule has 10 heteroatoms. The summed E-state index contributed by atoms with van der Waals surface area (Å²) in [5.74, 6) is -6.38. The molecule has 1 N–H and O–H groups in total. The molecule has 33 heavy (non-hydrogen) atoms. The molecule has 0 radical (unpaired) electrons. The number of anilines is 1. The number of ketones is 1. The summed E-state index contributed by atoms with van der Waals surface area (Å²) in [6.07, 6.45) is 6.62. The first kappa shape index (κ1) is 21.8. The predicted molar refractivity (Wildman–Crippen MR) is 111 cm³/mol. The number of benzene rings is 1. The maximum Gasteiger partial charge on any atom is 0.343 e. The number of amides is 1. The molecule has 168 valence electrons. The van der Waals surface area contributed by atoms with Gasteiger partial charge < -0.3 is 19.3 Å². The van der Waals surface area contributed by atoms with Crippen LogP contribution < -0.4 is 14.4 Å². The minimum Gasteiger partial charge on any atom is -0.477 e. The number of carbonyl (C=O) groups is 5. The van der Waals surface area contributed by atoms with E-state index in [0.717, 1.165) is 13.8 Å². The first-order valence-corrected chi connectivity index (χ1v) is 9.75. The number of hydrogen-bond donors (Lipinski definition) is 1. The summed E-state index contributed by atoms with van der Waals surface area (Å²) in [4.78, 5) is 62.4. The van der Waals surface area contributed by atoms with Gasteiger partial charge in [0, 0.05) is 26.3 Å². The van der Waals surface area contributed by atoms with Crippen molar-refractivity contribution in [1.82, 2.24) is 0 Å². The van der Waals surface area contributed by atoms with E-state index in [0.29, 0.717) is 5.57 Å². The van der Waals surface area contributed by atoms with Gasteiger partial charge in [-0.3, -0.25) is 24.1 Å². The number of rotatable bonds is 3. The molecule has 1 amide bonds. The molecule has 1 unspecified atom stereocenters. The number of carbonyl (C=O) groups excluding carboxylic acids is 4. The van der Waals surface area contributed by atoms with Crippen molar-refractivity contribution >= 4 is 35.3 Å². The number of ether oxygens (including phenoxy) is 3. The van der Waals surface area contributed by atoms with Crippen molar-refractivity contribution in [2.24, 2.45) is 5.92 Å². The van der Waals surface area contributed by atoms with Gasteiger partial charge in [0.15, 0.2) is 17.3 Å². The molecule has 0 fully saturated rings. The molecule has 1 aromatic rings. The zero-order chi connectivity index (χ0) is 24.0. The van der Waals surface area contributed by atoms with Crippen LogP contribution in [0.25, 0.3) is 0 Å². The number of aromatic carboxylic acids is 1. The van der Waals surface area contributed by atoms with Gasteiger partial charge in [-0.25, -0.2) is 4.79 Å². The Morgan fingerprint density at radius 3 is 2.33 bits per heavy atom. The molecule has 10 nitrogen and oxygen atoms in total. The highest BCUT2D eigenvalue weighted by atomic mass is 16.6. The van der Waals surface area contributed by atoms with E-state index in [4.69, 9.17) is 14.2 Å². The molecule has 0 aromatic heterocycles. The summed E-state index contributed by atoms with van der Waals surface area (Å²) in [6, 6.07) is 2.60. The first-order chi connectivity index (χ1) is 15.6. The van der Waals surface area contributed by atoms with Gasteiger partial charge in [0.2, 0.25) is 5.91 Å². The minimum atomic E-state index is -1.50. The number of Topliss-reactive ketones (excluding diaryl/α,β-unsaturated/α-hetero) is 1. The summed E-state index contributed by atoms with van der Waals surface area (Å²) in [5.41, 5.74) is 0.0182. The number of allylic oxidation sites excluding steroid dienone is 4. The van der Waals surface area contributed by atoms with Crippen LogP contribution in [-0.4, -0.2) is 34.7 Å². The maximum atomic E-state index is 13.3. The fourth-order valence-corrected chi connectivity index (χ4v) is 3.92. The smallest absolute Gasteiger partial charge is 0.343 e. The van der Waals surface area contributed by atoms with E-state index in [9.17, 15) is 29.1 Å². The van der Waals surface area contributed by atoms with Crippen LogP contribution in [0.1, 0.15) is 31.1 Å². The second kappa shape index (κ2) is 7.90. The van der Waals surface area contributed by atoms with Crippen molar-refractivity contribution < 1.29 is 43.3 Å². The Morgan fingerprint density at radius 2 is 1.73 bits per heavy atom. The minimum absolute atomic E-state index is 0.0561. The largest absolute Gasteiger partial charge is 0.477 e. The molecule has 0 bridgehead atoms. The second-order valence-electron chi connectivity index (χ2n) is 7.29. The van der Waals surface area contributed by atoms with Crippen molar-refractivity contribution in [2.75, 3.05) is 4.90 Å². The summed E-state index contributed by atoms with van der Waals surface area (Å²) in [6.45, 7) is 3.48. The molecule has 0 saturated carbocycles. The van der Waals surface area contributed by atoms with Crippen molar-refractivity contribution in [3.8, 4) is 11.5 Å². The van der Waals surface area contributed by atoms with E-state index >= 15 is 0 Å². The van der Waals surface area contributed by atoms with Gasteiger partial charge in [0.05, 0.1) is 17.3 Å². The van der Waals surface area contributed by atoms with Crippen LogP contribution in [0.3, 0.4) is 0 Å². The molecule has 1 aliphatic heterocycles. The number of hydrogen-bond acceptors (Lipinski definition) is 8. The molecule has 1 aromatic carbocycles. The normalized spacial score (nSPS) is 18.2. The molecule has 3 aliphatic rings. The van der Waals surface area contributed by atoms with Crippen LogP contribution in [0.4, 0.5) is 5.69 Å². The summed E-state index contributed by atoms with van der Waals surface area (Å²) in [7, 11) is 0. The van der Waals surface area contributed by atoms with Gasteiger partial charge >= 0.3 is 17.9 Å². The zero-order valence-corrected chi connectivity index (χ0v) is 17.7. The number of carboxylic acid groups (broad SMARTS) is 1. The Labute approximate surface area is 187 Å². The van der Waals surface area contributed by atoms with Gasteiger partial charge in [0.1, 0.15) is 11.3 Å². The van der Waals surface area contributed by atoms with Crippen molar-refractivity contribution in [1.29, 1.82) is 0 Å². The van der Waals surface area contributed by atoms with Gasteiger partial charge in [0.25, 0.3) is 5.78 Å². The second-order valence-corrected chi connectivity index (χ2v) is 7.29. The molecule has 1 atom stereocenters. The maximum absolute atomic E-state index is 13.3. The van der Waals surface area contributed by atoms with Crippen LogP contribution in [0.5, 0.6) is 11.5 Å². The SMILES string of the molecule is CC(=O)OC1=C2C=CC=CC2C2=C(Oc3c(ccc(OC(C)=O)c3C(=O)O)N2C(C)=O)C1=O. The topological polar surface area (TPSA) is 137 Å². The summed E-state index contributed by atoms with van der Waals surface area (Å²) < 4.78 is 15.9. The average molecular weight is 451 g/mol. The first-order valence-electron chi connectivity index (χ1n) is 9.75. The molecule has 4 rings (SSSR count). The summed E-state index contributed by atoms with van der Waals surface area (Å²) >= 11 is 0. The third-order valence-corrected chi connectivity index (χ3v) is 5.04. The molecular formula is C23H17NO9. The summed E-state index contributed by atoms with van der Waals surface area (Å²) in [5, 5.41) is 9.81. The number of fused-ring (bicyclic) bond motifs is 3. The predicted octanol–water partition coefficient (Wildman–Crippen LogP) is 2.41. The lowest BCUT2D eigenvalue weighted by Crippen LogP contribution is -2.42. The van der Waals surface area contributed by atoms with E-state index < -0.39 is 41.1 Å². The lowest BCUT2D eigenvalue weighted by atomic mass is 9.82. The van der Waals surface area contributed by atoms with Crippen molar-refractivity contribution in [3.63, 3.8) is 0 Å².